The number of nitrogens with zero attached hydrogens (tertiary/aromatic N) is 2. The first-order valence-electron chi connectivity index (χ1n) is 11.8. The summed E-state index contributed by atoms with van der Waals surface area (Å²) in [5.74, 6) is -0.128. The molecular formula is C28H29N3O3. The van der Waals surface area contributed by atoms with Gasteiger partial charge in [-0.25, -0.2) is 9.78 Å². The molecule has 174 valence electrons. The van der Waals surface area contributed by atoms with Gasteiger partial charge in [0.05, 0.1) is 0 Å². The van der Waals surface area contributed by atoms with Gasteiger partial charge < -0.3 is 19.7 Å². The second kappa shape index (κ2) is 9.69. The minimum Gasteiger partial charge on any atom is -0.478 e. The molecule has 0 unspecified atom stereocenters. The Morgan fingerprint density at radius 2 is 2.00 bits per heavy atom. The second-order valence-electron chi connectivity index (χ2n) is 9.00. The summed E-state index contributed by atoms with van der Waals surface area (Å²) in [6.45, 7) is 1.57. The van der Waals surface area contributed by atoms with Gasteiger partial charge in [-0.2, -0.15) is 0 Å². The molecule has 0 bridgehead atoms. The average Bonchev–Trinajstić information content (AvgIpc) is 3.62. The van der Waals surface area contributed by atoms with Crippen molar-refractivity contribution in [1.29, 1.82) is 0 Å². The lowest BCUT2D eigenvalue weighted by molar-refractivity contribution is 0.0697. The summed E-state index contributed by atoms with van der Waals surface area (Å²) in [5.41, 5.74) is 5.77. The molecule has 1 fully saturated rings. The molecule has 0 aliphatic heterocycles. The van der Waals surface area contributed by atoms with Crippen molar-refractivity contribution < 1.29 is 14.6 Å². The molecule has 2 heterocycles. The number of aryl methyl sites for hydroxylation is 1. The van der Waals surface area contributed by atoms with E-state index in [4.69, 9.17) is 4.74 Å². The van der Waals surface area contributed by atoms with E-state index in [2.05, 4.69) is 57.5 Å². The largest absolute Gasteiger partial charge is 0.478 e. The van der Waals surface area contributed by atoms with Crippen LogP contribution >= 0.6 is 0 Å². The predicted octanol–water partition coefficient (Wildman–Crippen LogP) is 5.98. The number of hydrogen-bond donors (Lipinski definition) is 2. The van der Waals surface area contributed by atoms with Crippen molar-refractivity contribution in [2.45, 2.75) is 38.1 Å². The standard InChI is InChI=1S/C28H29N3O3/c1-34-13-3-6-19-4-2-5-20(14-19)18-31-12-11-22-15-24(9-10-26(22)31)30-27-25(28(32)33)16-23(17-29-27)21-7-8-21/h2,4-5,9-12,14-17,21H,3,6-8,13,18H2,1H3,(H,29,30)(H,32,33). The number of methoxy groups -OCH3 is 1. The third-order valence-corrected chi connectivity index (χ3v) is 6.38. The summed E-state index contributed by atoms with van der Waals surface area (Å²) in [6, 6.07) is 18.6. The van der Waals surface area contributed by atoms with Gasteiger partial charge in [-0.15, -0.1) is 0 Å². The lowest BCUT2D eigenvalue weighted by Crippen LogP contribution is -2.06. The first-order chi connectivity index (χ1) is 16.6. The van der Waals surface area contributed by atoms with Gasteiger partial charge in [-0.3, -0.25) is 0 Å². The first-order valence-corrected chi connectivity index (χ1v) is 11.8. The molecule has 1 aliphatic rings. The number of nitrogens with one attached hydrogen (secondary N) is 1. The number of carboxylic acid groups (broad SMARTS) is 1. The number of hydrogen-bond acceptors (Lipinski definition) is 4. The number of carbonyl (C=O) groups is 1. The molecule has 1 saturated carbocycles. The van der Waals surface area contributed by atoms with E-state index in [1.807, 2.05) is 12.1 Å². The highest BCUT2D eigenvalue weighted by Gasteiger charge is 2.26. The topological polar surface area (TPSA) is 76.4 Å². The van der Waals surface area contributed by atoms with Crippen LogP contribution in [0.25, 0.3) is 10.9 Å². The molecule has 1 aliphatic carbocycles. The predicted molar refractivity (Wildman–Crippen MR) is 134 cm³/mol. The highest BCUT2D eigenvalue weighted by Crippen LogP contribution is 2.40. The van der Waals surface area contributed by atoms with Gasteiger partial charge in [-0.1, -0.05) is 24.3 Å². The van der Waals surface area contributed by atoms with Gasteiger partial charge >= 0.3 is 5.97 Å². The number of aromatic nitrogens is 2. The summed E-state index contributed by atoms with van der Waals surface area (Å²) >= 11 is 0. The first kappa shape index (κ1) is 22.2. The third-order valence-electron chi connectivity index (χ3n) is 6.38. The van der Waals surface area contributed by atoms with Crippen LogP contribution in [0.3, 0.4) is 0 Å². The van der Waals surface area contributed by atoms with Crippen LogP contribution < -0.4 is 5.32 Å². The van der Waals surface area contributed by atoms with Gasteiger partial charge in [0.1, 0.15) is 11.4 Å². The van der Waals surface area contributed by atoms with E-state index in [0.29, 0.717) is 11.7 Å². The SMILES string of the molecule is COCCCc1cccc(Cn2ccc3cc(Nc4ncc(C5CC5)cc4C(=O)O)ccc32)c1. The molecule has 5 rings (SSSR count). The molecule has 0 atom stereocenters. The molecule has 0 spiro atoms. The van der Waals surface area contributed by atoms with E-state index in [0.717, 1.165) is 61.0 Å². The van der Waals surface area contributed by atoms with Gasteiger partial charge in [0.2, 0.25) is 0 Å². The maximum Gasteiger partial charge on any atom is 0.339 e. The molecule has 6 heteroatoms. The Kier molecular flexibility index (Phi) is 6.32. The van der Waals surface area contributed by atoms with Gasteiger partial charge in [-0.05, 0) is 78.6 Å². The number of anilines is 2. The lowest BCUT2D eigenvalue weighted by Gasteiger charge is -2.11. The number of fused-ring (bicyclic) bond motifs is 1. The van der Waals surface area contributed by atoms with Gasteiger partial charge in [0, 0.05) is 49.2 Å². The zero-order chi connectivity index (χ0) is 23.5. The van der Waals surface area contributed by atoms with Crippen molar-refractivity contribution in [3.63, 3.8) is 0 Å². The van der Waals surface area contributed by atoms with Gasteiger partial charge in [0.25, 0.3) is 0 Å². The fourth-order valence-electron chi connectivity index (χ4n) is 4.44. The summed E-state index contributed by atoms with van der Waals surface area (Å²) in [6.07, 6.45) is 8.14. The molecule has 0 radical (unpaired) electrons. The summed E-state index contributed by atoms with van der Waals surface area (Å²) in [7, 11) is 1.74. The number of benzene rings is 2. The van der Waals surface area contributed by atoms with Crippen LogP contribution in [0.2, 0.25) is 0 Å². The molecule has 2 aromatic heterocycles. The number of carboxylic acids is 1. The van der Waals surface area contributed by atoms with Crippen molar-refractivity contribution in [3.8, 4) is 0 Å². The molecule has 0 saturated heterocycles. The Morgan fingerprint density at radius 3 is 2.79 bits per heavy atom. The summed E-state index contributed by atoms with van der Waals surface area (Å²) in [5, 5.41) is 14.0. The van der Waals surface area contributed by atoms with Crippen molar-refractivity contribution in [1.82, 2.24) is 9.55 Å². The van der Waals surface area contributed by atoms with Crippen LogP contribution in [0, 0.1) is 0 Å². The zero-order valence-corrected chi connectivity index (χ0v) is 19.3. The van der Waals surface area contributed by atoms with E-state index in [-0.39, 0.29) is 5.56 Å². The van der Waals surface area contributed by atoms with E-state index >= 15 is 0 Å². The van der Waals surface area contributed by atoms with Crippen LogP contribution in [0.4, 0.5) is 11.5 Å². The van der Waals surface area contributed by atoms with Crippen molar-refractivity contribution in [2.75, 3.05) is 19.0 Å². The Balaban J connectivity index is 1.33. The van der Waals surface area contributed by atoms with E-state index in [1.54, 1.807) is 19.4 Å². The normalized spacial score (nSPS) is 13.3. The van der Waals surface area contributed by atoms with Crippen LogP contribution in [0.15, 0.2) is 67.0 Å². The van der Waals surface area contributed by atoms with Crippen LogP contribution in [0.5, 0.6) is 0 Å². The van der Waals surface area contributed by atoms with E-state index in [9.17, 15) is 9.90 Å². The smallest absolute Gasteiger partial charge is 0.339 e. The number of aromatic carboxylic acids is 1. The van der Waals surface area contributed by atoms with Crippen LogP contribution in [-0.2, 0) is 17.7 Å². The molecule has 34 heavy (non-hydrogen) atoms. The summed E-state index contributed by atoms with van der Waals surface area (Å²) in [4.78, 5) is 16.2. The molecule has 2 aromatic carbocycles. The highest BCUT2D eigenvalue weighted by molar-refractivity contribution is 5.95. The monoisotopic (exact) mass is 455 g/mol. The van der Waals surface area contributed by atoms with Crippen molar-refractivity contribution >= 4 is 28.4 Å². The molecule has 4 aromatic rings. The fourth-order valence-corrected chi connectivity index (χ4v) is 4.44. The minimum absolute atomic E-state index is 0.215. The van der Waals surface area contributed by atoms with Crippen LogP contribution in [-0.4, -0.2) is 34.3 Å². The minimum atomic E-state index is -0.964. The molecule has 6 nitrogen and oxygen atoms in total. The Hall–Kier alpha value is -3.64. The number of rotatable bonds is 10. The van der Waals surface area contributed by atoms with Crippen molar-refractivity contribution in [3.05, 3.63) is 89.2 Å². The van der Waals surface area contributed by atoms with E-state index < -0.39 is 5.97 Å². The third kappa shape index (κ3) is 4.97. The average molecular weight is 456 g/mol. The molecule has 0 amide bonds. The maximum atomic E-state index is 11.8. The quantitative estimate of drug-likeness (QED) is 0.288. The van der Waals surface area contributed by atoms with E-state index in [1.165, 1.54) is 11.1 Å². The maximum absolute atomic E-state index is 11.8. The Labute approximate surface area is 199 Å². The Morgan fingerprint density at radius 1 is 1.15 bits per heavy atom. The highest BCUT2D eigenvalue weighted by atomic mass is 16.5. The zero-order valence-electron chi connectivity index (χ0n) is 19.3. The van der Waals surface area contributed by atoms with Gasteiger partial charge in [0.15, 0.2) is 0 Å². The summed E-state index contributed by atoms with van der Waals surface area (Å²) < 4.78 is 7.40. The molecule has 2 N–H and O–H groups in total. The number of ether oxygens (including phenoxy) is 1. The fraction of sp³-hybridized carbons (Fsp3) is 0.286. The second-order valence-corrected chi connectivity index (χ2v) is 9.00. The van der Waals surface area contributed by atoms with Crippen LogP contribution in [0.1, 0.15) is 52.2 Å². The molecular weight excluding hydrogens is 426 g/mol. The van der Waals surface area contributed by atoms with Crippen molar-refractivity contribution in [2.24, 2.45) is 0 Å². The number of pyridine rings is 1. The Bertz CT molecular complexity index is 1320. The lowest BCUT2D eigenvalue weighted by atomic mass is 10.1.